The Morgan fingerprint density at radius 3 is 2.31 bits per heavy atom. The van der Waals surface area contributed by atoms with Gasteiger partial charge >= 0.3 is 0 Å². The van der Waals surface area contributed by atoms with Crippen molar-refractivity contribution in [3.05, 3.63) is 63.7 Å². The van der Waals surface area contributed by atoms with Crippen molar-refractivity contribution in [1.82, 2.24) is 10.3 Å². The average molecular weight is 755 g/mol. The number of carbonyl (C=O) groups excluding carboxylic acids is 5. The topological polar surface area (TPSA) is 282 Å². The molecule has 292 valence electrons. The summed E-state index contributed by atoms with van der Waals surface area (Å²) >= 11 is 0. The number of hydrogen-bond acceptors (Lipinski definition) is 16. The van der Waals surface area contributed by atoms with Crippen LogP contribution in [0.2, 0.25) is 0 Å². The number of hydrazine groups is 1. The van der Waals surface area contributed by atoms with Gasteiger partial charge < -0.3 is 45.5 Å². The number of aliphatic hydroxyl groups is 3. The van der Waals surface area contributed by atoms with Gasteiger partial charge in [-0.05, 0) is 25.8 Å². The smallest absolute Gasteiger partial charge is 0.253 e. The lowest BCUT2D eigenvalue weighted by atomic mass is 9.72. The van der Waals surface area contributed by atoms with Crippen molar-refractivity contribution >= 4 is 29.2 Å². The largest absolute Gasteiger partial charge is 0.507 e. The predicted molar refractivity (Wildman–Crippen MR) is 188 cm³/mol. The quantitative estimate of drug-likeness (QED) is 0.0395. The fraction of sp³-hybridized carbons (Fsp3) is 0.486. The fourth-order valence-corrected chi connectivity index (χ4v) is 7.25. The first-order valence-electron chi connectivity index (χ1n) is 17.6. The molecule has 54 heavy (non-hydrogen) atoms. The number of ketones is 3. The number of carbonyl (C=O) groups is 5. The molecule has 4 aliphatic rings. The Hall–Kier alpha value is -4.59. The molecule has 6 rings (SSSR count). The van der Waals surface area contributed by atoms with Crippen LogP contribution in [0, 0.1) is 0 Å². The van der Waals surface area contributed by atoms with Gasteiger partial charge in [0.15, 0.2) is 17.9 Å². The summed E-state index contributed by atoms with van der Waals surface area (Å²) in [4.78, 5) is 63.3. The molecule has 6 atom stereocenters. The maximum absolute atomic E-state index is 13.6. The summed E-state index contributed by atoms with van der Waals surface area (Å²) in [5, 5.41) is 53.7. The maximum Gasteiger partial charge on any atom is 0.253 e. The van der Waals surface area contributed by atoms with Gasteiger partial charge in [0, 0.05) is 67.2 Å². The zero-order valence-electron chi connectivity index (χ0n) is 29.9. The second-order valence-corrected chi connectivity index (χ2v) is 13.7. The molecule has 0 radical (unpaired) electrons. The van der Waals surface area contributed by atoms with E-state index in [1.807, 2.05) is 0 Å². The van der Waals surface area contributed by atoms with E-state index in [2.05, 4.69) is 5.43 Å². The van der Waals surface area contributed by atoms with Gasteiger partial charge in [-0.2, -0.15) is 0 Å². The van der Waals surface area contributed by atoms with Crippen LogP contribution in [-0.2, 0) is 30.3 Å². The number of nitrogens with zero attached hydrogens (tertiary/aromatic N) is 1. The van der Waals surface area contributed by atoms with E-state index < -0.39 is 95.7 Å². The molecule has 0 bridgehead atoms. The van der Waals surface area contributed by atoms with E-state index in [-0.39, 0.29) is 46.2 Å². The number of hydrogen-bond donors (Lipinski definition) is 8. The Morgan fingerprint density at radius 1 is 1.02 bits per heavy atom. The van der Waals surface area contributed by atoms with Gasteiger partial charge in [-0.25, -0.2) is 0 Å². The van der Waals surface area contributed by atoms with E-state index in [0.717, 1.165) is 32.2 Å². The van der Waals surface area contributed by atoms with Gasteiger partial charge in [-0.15, -0.1) is 0 Å². The normalized spacial score (nSPS) is 25.8. The van der Waals surface area contributed by atoms with Gasteiger partial charge in [0.2, 0.25) is 5.78 Å². The van der Waals surface area contributed by atoms with Crippen molar-refractivity contribution < 1.29 is 63.7 Å². The number of aromatic hydroxyl groups is 2. The number of unbranched alkanes of at least 4 members (excludes halogenated alkanes) is 3. The lowest BCUT2D eigenvalue weighted by Crippen LogP contribution is -2.53. The number of nitrogens with one attached hydrogen (secondary N) is 1. The van der Waals surface area contributed by atoms with E-state index in [1.165, 1.54) is 42.4 Å². The highest BCUT2D eigenvalue weighted by molar-refractivity contribution is 6.31. The lowest BCUT2D eigenvalue weighted by Gasteiger charge is -2.42. The third-order valence-electron chi connectivity index (χ3n) is 10.2. The van der Waals surface area contributed by atoms with Crippen LogP contribution in [-0.4, -0.2) is 117 Å². The highest BCUT2D eigenvalue weighted by Gasteiger charge is 2.50. The molecule has 2 heterocycles. The summed E-state index contributed by atoms with van der Waals surface area (Å²) in [6, 6.07) is 3.64. The van der Waals surface area contributed by atoms with E-state index in [0.29, 0.717) is 6.54 Å². The summed E-state index contributed by atoms with van der Waals surface area (Å²) < 4.78 is 17.0. The van der Waals surface area contributed by atoms with E-state index in [9.17, 15) is 49.5 Å². The first kappa shape index (κ1) is 40.6. The summed E-state index contributed by atoms with van der Waals surface area (Å²) in [6.45, 7) is 1.90. The predicted octanol–water partition coefficient (Wildman–Crippen LogP) is -0.0636. The van der Waals surface area contributed by atoms with Crippen LogP contribution in [0.25, 0.3) is 0 Å². The summed E-state index contributed by atoms with van der Waals surface area (Å²) in [7, 11) is 1.32. The molecular formula is C37H46N4O13. The third-order valence-corrected chi connectivity index (χ3v) is 10.2. The van der Waals surface area contributed by atoms with Gasteiger partial charge in [-0.3, -0.25) is 40.1 Å². The van der Waals surface area contributed by atoms with E-state index in [1.54, 1.807) is 6.92 Å². The van der Waals surface area contributed by atoms with Crippen LogP contribution in [0.15, 0.2) is 30.4 Å². The first-order valence-corrected chi connectivity index (χ1v) is 17.6. The number of imide groups is 1. The molecule has 2 aromatic rings. The number of aliphatic hydroxyl groups excluding tert-OH is 2. The van der Waals surface area contributed by atoms with Gasteiger partial charge in [0.25, 0.3) is 11.8 Å². The minimum absolute atomic E-state index is 0.0173. The number of benzene rings is 2. The average Bonchev–Trinajstić information content (AvgIpc) is 3.47. The van der Waals surface area contributed by atoms with Crippen molar-refractivity contribution in [1.29, 1.82) is 0 Å². The Morgan fingerprint density at radius 2 is 1.69 bits per heavy atom. The molecule has 0 aromatic heterocycles. The number of methoxy groups -OCH3 is 1. The SMILES string of the molecule is COc1cccc2c1C(=O)c1c(O)c3c(c(O)c1C2=O)C[C@@](O)(C(=O)CO)C[C@@H]3O[C@H]1C[C@H](N)[C@H](O)[C@H](C)O1.NNCCCCCCN1C(=O)C=CC1=O. The van der Waals surface area contributed by atoms with Crippen LogP contribution in [0.4, 0.5) is 0 Å². The molecule has 17 heteroatoms. The lowest BCUT2D eigenvalue weighted by molar-refractivity contribution is -0.247. The summed E-state index contributed by atoms with van der Waals surface area (Å²) in [6.07, 6.45) is 1.48. The first-order chi connectivity index (χ1) is 25.7. The highest BCUT2D eigenvalue weighted by Crippen LogP contribution is 2.52. The van der Waals surface area contributed by atoms with Crippen LogP contribution in [0.3, 0.4) is 0 Å². The second kappa shape index (κ2) is 16.8. The number of amides is 2. The molecule has 1 fully saturated rings. The maximum atomic E-state index is 13.6. The molecule has 2 aliphatic carbocycles. The summed E-state index contributed by atoms with van der Waals surface area (Å²) in [5.74, 6) is 0.967. The molecule has 1 saturated heterocycles. The van der Waals surface area contributed by atoms with Crippen molar-refractivity contribution in [2.45, 2.75) is 88.1 Å². The van der Waals surface area contributed by atoms with Crippen LogP contribution < -0.4 is 21.7 Å². The molecule has 10 N–H and O–H groups in total. The van der Waals surface area contributed by atoms with Crippen molar-refractivity contribution in [2.75, 3.05) is 26.8 Å². The van der Waals surface area contributed by atoms with Gasteiger partial charge in [0.1, 0.15) is 29.5 Å². The number of phenolic OH excluding ortho intramolecular Hbond substituents is 2. The van der Waals surface area contributed by atoms with E-state index >= 15 is 0 Å². The molecule has 2 aliphatic heterocycles. The van der Waals surface area contributed by atoms with Crippen LogP contribution >= 0.6 is 0 Å². The Bertz CT molecular complexity index is 1820. The summed E-state index contributed by atoms with van der Waals surface area (Å²) in [5.41, 5.74) is 4.96. The van der Waals surface area contributed by atoms with Gasteiger partial charge in [-0.1, -0.05) is 25.0 Å². The Balaban J connectivity index is 0.000000314. The van der Waals surface area contributed by atoms with E-state index in [4.69, 9.17) is 25.8 Å². The zero-order chi connectivity index (χ0) is 39.5. The standard InChI is InChI=1S/C27H29NO11.C10H17N3O2/c1-10-22(31)13(28)6-17(38-10)39-15-8-27(36,16(30)9-29)7-12-19(15)26(35)21-20(24(12)33)23(32)11-4-3-5-14(37-2)18(11)25(21)34;11-12-7-3-1-2-4-8-13-9(14)5-6-10(13)15/h3-5,10,13,15,17,22,29,31,33,35-36H,6-9,28H2,1-2H3;5-6,12H,1-4,7-8,11H2/t10-,13-,15-,17-,22+,27-;/m0./s1. The Kier molecular flexibility index (Phi) is 12.7. The fourth-order valence-electron chi connectivity index (χ4n) is 7.25. The highest BCUT2D eigenvalue weighted by atomic mass is 16.7. The zero-order valence-corrected chi connectivity index (χ0v) is 29.9. The molecule has 2 aromatic carbocycles. The molecule has 2 amide bonds. The number of phenols is 2. The minimum Gasteiger partial charge on any atom is -0.507 e. The molecule has 0 spiro atoms. The minimum atomic E-state index is -2.24. The number of ether oxygens (including phenoxy) is 3. The molecular weight excluding hydrogens is 708 g/mol. The third kappa shape index (κ3) is 7.80. The van der Waals surface area contributed by atoms with Crippen LogP contribution in [0.1, 0.15) is 94.5 Å². The number of nitrogens with two attached hydrogens (primary N) is 2. The monoisotopic (exact) mass is 754 g/mol. The number of Topliss-reactive ketones (excluding diaryl/α,β-unsaturated/α-hetero) is 1. The molecule has 0 saturated carbocycles. The van der Waals surface area contributed by atoms with Crippen LogP contribution in [0.5, 0.6) is 17.2 Å². The molecule has 0 unspecified atom stereocenters. The number of rotatable bonds is 12. The van der Waals surface area contributed by atoms with Gasteiger partial charge in [0.05, 0.1) is 42.1 Å². The molecule has 17 nitrogen and oxygen atoms in total. The van der Waals surface area contributed by atoms with Crippen molar-refractivity contribution in [3.8, 4) is 17.2 Å². The van der Waals surface area contributed by atoms with Crippen molar-refractivity contribution in [2.24, 2.45) is 11.6 Å². The Labute approximate surface area is 310 Å². The van der Waals surface area contributed by atoms with Crippen molar-refractivity contribution in [3.63, 3.8) is 0 Å². The second-order valence-electron chi connectivity index (χ2n) is 13.7. The number of fused-ring (bicyclic) bond motifs is 3.